The first kappa shape index (κ1) is 8.66. The van der Waals surface area contributed by atoms with Crippen molar-refractivity contribution in [2.45, 2.75) is 31.9 Å². The molecule has 2 unspecified atom stereocenters. The molecule has 0 aliphatic carbocycles. The Morgan fingerprint density at radius 1 is 1.78 bits per heavy atom. The quantitative estimate of drug-likeness (QED) is 0.548. The van der Waals surface area contributed by atoms with Crippen LogP contribution in [0, 0.1) is 0 Å². The number of aliphatic hydroxyl groups is 1. The number of aliphatic hydroxyl groups excluding tert-OH is 1. The summed E-state index contributed by atoms with van der Waals surface area (Å²) in [4.78, 5) is 0. The highest BCUT2D eigenvalue weighted by Crippen LogP contribution is 1.98. The first-order valence-electron chi connectivity index (χ1n) is 3.28. The maximum Gasteiger partial charge on any atom is 0.0869 e. The highest BCUT2D eigenvalue weighted by molar-refractivity contribution is 4.86. The van der Waals surface area contributed by atoms with E-state index in [0.29, 0.717) is 0 Å². The van der Waals surface area contributed by atoms with E-state index in [-0.39, 0.29) is 6.04 Å². The average molecular weight is 129 g/mol. The lowest BCUT2D eigenvalue weighted by atomic mass is 10.1. The Morgan fingerprint density at radius 3 is 2.67 bits per heavy atom. The second kappa shape index (κ2) is 4.53. The van der Waals surface area contributed by atoms with Crippen molar-refractivity contribution >= 4 is 0 Å². The lowest BCUT2D eigenvalue weighted by molar-refractivity contribution is 0.186. The molecule has 54 valence electrons. The first-order valence-corrected chi connectivity index (χ1v) is 3.28. The van der Waals surface area contributed by atoms with Crippen LogP contribution in [0.5, 0.6) is 0 Å². The van der Waals surface area contributed by atoms with Crippen molar-refractivity contribution in [2.24, 2.45) is 5.73 Å². The van der Waals surface area contributed by atoms with Gasteiger partial charge >= 0.3 is 0 Å². The van der Waals surface area contributed by atoms with Crippen LogP contribution in [0.1, 0.15) is 19.8 Å². The molecule has 0 heterocycles. The van der Waals surface area contributed by atoms with Crippen molar-refractivity contribution in [3.63, 3.8) is 0 Å². The largest absolute Gasteiger partial charge is 0.387 e. The summed E-state index contributed by atoms with van der Waals surface area (Å²) in [6.07, 6.45) is 2.80. The van der Waals surface area contributed by atoms with Crippen LogP contribution in [0.4, 0.5) is 0 Å². The van der Waals surface area contributed by atoms with Crippen molar-refractivity contribution in [2.75, 3.05) is 0 Å². The molecular formula is C7H15NO. The Hall–Kier alpha value is -0.340. The fourth-order valence-corrected chi connectivity index (χ4v) is 0.679. The second-order valence-corrected chi connectivity index (χ2v) is 2.18. The summed E-state index contributed by atoms with van der Waals surface area (Å²) in [7, 11) is 0. The van der Waals surface area contributed by atoms with Gasteiger partial charge in [-0.1, -0.05) is 19.4 Å². The molecule has 9 heavy (non-hydrogen) atoms. The van der Waals surface area contributed by atoms with E-state index >= 15 is 0 Å². The van der Waals surface area contributed by atoms with Gasteiger partial charge in [-0.25, -0.2) is 0 Å². The van der Waals surface area contributed by atoms with Crippen molar-refractivity contribution in [3.8, 4) is 0 Å². The highest BCUT2D eigenvalue weighted by Gasteiger charge is 2.07. The number of rotatable bonds is 4. The summed E-state index contributed by atoms with van der Waals surface area (Å²) in [5.74, 6) is 0. The molecule has 0 rings (SSSR count). The van der Waals surface area contributed by atoms with Crippen molar-refractivity contribution in [3.05, 3.63) is 12.7 Å². The second-order valence-electron chi connectivity index (χ2n) is 2.18. The predicted octanol–water partition coefficient (Wildman–Crippen LogP) is 0.661. The Bertz CT molecular complexity index is 83.0. The van der Waals surface area contributed by atoms with E-state index in [1.54, 1.807) is 0 Å². The molecule has 2 atom stereocenters. The van der Waals surface area contributed by atoms with E-state index in [1.807, 2.05) is 6.92 Å². The third kappa shape index (κ3) is 3.27. The van der Waals surface area contributed by atoms with E-state index < -0.39 is 6.10 Å². The van der Waals surface area contributed by atoms with Gasteiger partial charge in [-0.05, 0) is 6.42 Å². The molecular weight excluding hydrogens is 114 g/mol. The number of hydrogen-bond donors (Lipinski definition) is 2. The van der Waals surface area contributed by atoms with Crippen molar-refractivity contribution in [1.29, 1.82) is 0 Å². The smallest absolute Gasteiger partial charge is 0.0869 e. The monoisotopic (exact) mass is 129 g/mol. The van der Waals surface area contributed by atoms with Gasteiger partial charge in [0.05, 0.1) is 6.10 Å². The van der Waals surface area contributed by atoms with Crippen LogP contribution in [0.25, 0.3) is 0 Å². The molecule has 0 radical (unpaired) electrons. The number of nitrogens with two attached hydrogens (primary N) is 1. The maximum atomic E-state index is 9.01. The molecule has 0 aliphatic heterocycles. The van der Waals surface area contributed by atoms with Crippen LogP contribution >= 0.6 is 0 Å². The first-order chi connectivity index (χ1) is 4.22. The van der Waals surface area contributed by atoms with Gasteiger partial charge in [-0.2, -0.15) is 0 Å². The van der Waals surface area contributed by atoms with Crippen LogP contribution in [-0.4, -0.2) is 17.3 Å². The third-order valence-corrected chi connectivity index (χ3v) is 1.30. The summed E-state index contributed by atoms with van der Waals surface area (Å²) in [6.45, 7) is 5.47. The van der Waals surface area contributed by atoms with Gasteiger partial charge in [-0.3, -0.25) is 0 Å². The van der Waals surface area contributed by atoms with E-state index in [0.717, 1.165) is 12.8 Å². The number of hydrogen-bond acceptors (Lipinski definition) is 2. The van der Waals surface area contributed by atoms with Crippen LogP contribution < -0.4 is 5.73 Å². The predicted molar refractivity (Wildman–Crippen MR) is 39.1 cm³/mol. The fraction of sp³-hybridized carbons (Fsp3) is 0.714. The minimum Gasteiger partial charge on any atom is -0.387 e. The van der Waals surface area contributed by atoms with E-state index in [2.05, 4.69) is 6.58 Å². The lowest BCUT2D eigenvalue weighted by Crippen LogP contribution is -2.32. The zero-order valence-electron chi connectivity index (χ0n) is 5.88. The molecule has 2 heteroatoms. The van der Waals surface area contributed by atoms with Gasteiger partial charge in [0, 0.05) is 6.04 Å². The molecule has 0 aromatic heterocycles. The van der Waals surface area contributed by atoms with E-state index in [4.69, 9.17) is 10.8 Å². The standard InChI is InChI=1S/C7H15NO/c1-3-5-6(8)7(9)4-2/h4,6-7,9H,2-3,5,8H2,1H3. The third-order valence-electron chi connectivity index (χ3n) is 1.30. The minimum atomic E-state index is -0.537. The molecule has 3 N–H and O–H groups in total. The Balaban J connectivity index is 3.44. The van der Waals surface area contributed by atoms with Crippen LogP contribution in [0.15, 0.2) is 12.7 Å². The van der Waals surface area contributed by atoms with Gasteiger partial charge in [-0.15, -0.1) is 6.58 Å². The van der Waals surface area contributed by atoms with Gasteiger partial charge in [0.15, 0.2) is 0 Å². The van der Waals surface area contributed by atoms with Gasteiger partial charge in [0.2, 0.25) is 0 Å². The maximum absolute atomic E-state index is 9.01. The van der Waals surface area contributed by atoms with Crippen LogP contribution in [-0.2, 0) is 0 Å². The molecule has 0 aromatic carbocycles. The molecule has 2 nitrogen and oxygen atoms in total. The molecule has 0 aromatic rings. The molecule has 0 fully saturated rings. The summed E-state index contributed by atoms with van der Waals surface area (Å²) < 4.78 is 0. The Labute approximate surface area is 56.4 Å². The molecule has 0 aliphatic rings. The summed E-state index contributed by atoms with van der Waals surface area (Å²) >= 11 is 0. The molecule has 0 spiro atoms. The van der Waals surface area contributed by atoms with Gasteiger partial charge in [0.1, 0.15) is 0 Å². The SMILES string of the molecule is C=CC(O)C(N)CCC. The average Bonchev–Trinajstić information content (AvgIpc) is 1.87. The summed E-state index contributed by atoms with van der Waals surface area (Å²) in [5.41, 5.74) is 5.52. The normalized spacial score (nSPS) is 16.8. The van der Waals surface area contributed by atoms with Crippen LogP contribution in [0.2, 0.25) is 0 Å². The van der Waals surface area contributed by atoms with Crippen molar-refractivity contribution in [1.82, 2.24) is 0 Å². The molecule has 0 saturated heterocycles. The van der Waals surface area contributed by atoms with Gasteiger partial charge < -0.3 is 10.8 Å². The van der Waals surface area contributed by atoms with Gasteiger partial charge in [0.25, 0.3) is 0 Å². The molecule has 0 bridgehead atoms. The minimum absolute atomic E-state index is 0.132. The van der Waals surface area contributed by atoms with Crippen molar-refractivity contribution < 1.29 is 5.11 Å². The molecule has 0 saturated carbocycles. The summed E-state index contributed by atoms with van der Waals surface area (Å²) in [6, 6.07) is -0.132. The Kier molecular flexibility index (Phi) is 4.36. The van der Waals surface area contributed by atoms with E-state index in [9.17, 15) is 0 Å². The highest BCUT2D eigenvalue weighted by atomic mass is 16.3. The topological polar surface area (TPSA) is 46.2 Å². The summed E-state index contributed by atoms with van der Waals surface area (Å²) in [5, 5.41) is 9.01. The Morgan fingerprint density at radius 2 is 2.33 bits per heavy atom. The molecule has 0 amide bonds. The van der Waals surface area contributed by atoms with E-state index in [1.165, 1.54) is 6.08 Å². The fourth-order valence-electron chi connectivity index (χ4n) is 0.679. The zero-order chi connectivity index (χ0) is 7.28. The lowest BCUT2D eigenvalue weighted by Gasteiger charge is -2.12. The zero-order valence-corrected chi connectivity index (χ0v) is 5.88. The van der Waals surface area contributed by atoms with Crippen LogP contribution in [0.3, 0.4) is 0 Å².